The molecular weight excluding hydrogens is 308 g/mol. The molecule has 5 atom stereocenters. The maximum absolute atomic E-state index is 12.3. The molecule has 2 heterocycles. The molecule has 2 aliphatic heterocycles. The number of methoxy groups -OCH3 is 1. The van der Waals surface area contributed by atoms with E-state index in [1.54, 1.807) is 7.11 Å². The van der Waals surface area contributed by atoms with Gasteiger partial charge in [0.05, 0.1) is 25.2 Å². The Balaban J connectivity index is 1.39. The molecule has 130 valence electrons. The molecule has 0 amide bonds. The number of rotatable bonds is 6. The highest BCUT2D eigenvalue weighted by Gasteiger charge is 2.71. The summed E-state index contributed by atoms with van der Waals surface area (Å²) in [7, 11) is 1.61. The highest BCUT2D eigenvalue weighted by molar-refractivity contribution is 5.85. The van der Waals surface area contributed by atoms with Crippen molar-refractivity contribution in [2.75, 3.05) is 20.3 Å². The van der Waals surface area contributed by atoms with Gasteiger partial charge in [-0.05, 0) is 25.5 Å². The first kappa shape index (κ1) is 16.1. The van der Waals surface area contributed by atoms with Gasteiger partial charge in [-0.25, -0.2) is 0 Å². The second kappa shape index (κ2) is 5.83. The van der Waals surface area contributed by atoms with E-state index in [0.717, 1.165) is 18.6 Å². The van der Waals surface area contributed by atoms with E-state index in [1.807, 2.05) is 30.3 Å². The molecule has 5 nitrogen and oxygen atoms in total. The predicted octanol–water partition coefficient (Wildman–Crippen LogP) is 2.38. The Bertz CT molecular complexity index is 611. The van der Waals surface area contributed by atoms with E-state index in [4.69, 9.17) is 18.9 Å². The van der Waals surface area contributed by atoms with Crippen molar-refractivity contribution in [3.8, 4) is 5.75 Å². The third-order valence-electron chi connectivity index (χ3n) is 5.74. The van der Waals surface area contributed by atoms with Crippen LogP contribution in [0.3, 0.4) is 0 Å². The van der Waals surface area contributed by atoms with E-state index in [2.05, 4.69) is 6.92 Å². The number of benzene rings is 1. The fourth-order valence-electron chi connectivity index (χ4n) is 4.29. The molecule has 4 rings (SSSR count). The van der Waals surface area contributed by atoms with Gasteiger partial charge < -0.3 is 18.9 Å². The topological polar surface area (TPSA) is 60.6 Å². The van der Waals surface area contributed by atoms with E-state index in [0.29, 0.717) is 19.6 Å². The van der Waals surface area contributed by atoms with Crippen LogP contribution in [0.1, 0.15) is 26.2 Å². The maximum atomic E-state index is 12.3. The van der Waals surface area contributed by atoms with E-state index >= 15 is 0 Å². The molecule has 1 aromatic carbocycles. The summed E-state index contributed by atoms with van der Waals surface area (Å²) < 4.78 is 23.1. The van der Waals surface area contributed by atoms with Crippen molar-refractivity contribution in [2.24, 2.45) is 5.92 Å². The van der Waals surface area contributed by atoms with E-state index in [-0.39, 0.29) is 29.0 Å². The molecule has 0 N–H and O–H groups in total. The number of hydrogen-bond donors (Lipinski definition) is 0. The van der Waals surface area contributed by atoms with Gasteiger partial charge >= 0.3 is 0 Å². The summed E-state index contributed by atoms with van der Waals surface area (Å²) in [5.74, 6) is 1.00. The van der Waals surface area contributed by atoms with Crippen LogP contribution < -0.4 is 4.74 Å². The lowest BCUT2D eigenvalue weighted by Gasteiger charge is -2.37. The molecule has 1 aromatic rings. The fraction of sp³-hybridized carbons (Fsp3) is 0.632. The number of para-hydroxylation sites is 1. The summed E-state index contributed by atoms with van der Waals surface area (Å²) in [5.41, 5.74) is -0.592. The van der Waals surface area contributed by atoms with Crippen LogP contribution in [0.15, 0.2) is 30.3 Å². The quantitative estimate of drug-likeness (QED) is 0.749. The van der Waals surface area contributed by atoms with Crippen LogP contribution in [0.25, 0.3) is 0 Å². The van der Waals surface area contributed by atoms with Crippen molar-refractivity contribution in [1.82, 2.24) is 0 Å². The molecule has 0 radical (unpaired) electrons. The van der Waals surface area contributed by atoms with Gasteiger partial charge in [0.15, 0.2) is 5.78 Å². The van der Waals surface area contributed by atoms with Gasteiger partial charge in [0.25, 0.3) is 0 Å². The molecule has 1 saturated carbocycles. The number of carbonyl (C=O) groups is 1. The van der Waals surface area contributed by atoms with E-state index in [1.165, 1.54) is 0 Å². The lowest BCUT2D eigenvalue weighted by molar-refractivity contribution is -0.142. The van der Waals surface area contributed by atoms with Gasteiger partial charge in [-0.3, -0.25) is 4.79 Å². The van der Waals surface area contributed by atoms with Gasteiger partial charge in [0, 0.05) is 20.0 Å². The standard InChI is InChI=1S/C19H24O5/c1-18(15(24-18)9-11-22-13-6-4-3-5-7-13)17-16(21-2)14(20)8-10-19(17)12-23-19/h3-7,15-17H,8-12H2,1-2H3/t15-,16-,17-,18+,19+/m1/s1. The number of Topliss-reactive ketones (excluding diaryl/α,β-unsaturated/α-hetero) is 1. The molecule has 24 heavy (non-hydrogen) atoms. The Hall–Kier alpha value is -1.43. The van der Waals surface area contributed by atoms with Crippen molar-refractivity contribution in [1.29, 1.82) is 0 Å². The number of hydrogen-bond acceptors (Lipinski definition) is 5. The summed E-state index contributed by atoms with van der Waals surface area (Å²) in [4.78, 5) is 12.3. The summed E-state index contributed by atoms with van der Waals surface area (Å²) in [6.07, 6.45) is 1.76. The largest absolute Gasteiger partial charge is 0.493 e. The molecule has 0 unspecified atom stereocenters. The number of ketones is 1. The third kappa shape index (κ3) is 2.65. The number of carbonyl (C=O) groups excluding carboxylic acids is 1. The van der Waals surface area contributed by atoms with Crippen LogP contribution in [0, 0.1) is 5.92 Å². The highest BCUT2D eigenvalue weighted by Crippen LogP contribution is 2.58. The average molecular weight is 332 g/mol. The van der Waals surface area contributed by atoms with Crippen LogP contribution in [-0.4, -0.2) is 49.5 Å². The second-order valence-electron chi connectivity index (χ2n) is 7.19. The summed E-state index contributed by atoms with van der Waals surface area (Å²) >= 11 is 0. The zero-order valence-corrected chi connectivity index (χ0v) is 14.2. The first-order valence-corrected chi connectivity index (χ1v) is 8.64. The molecule has 2 saturated heterocycles. The summed E-state index contributed by atoms with van der Waals surface area (Å²) in [6.45, 7) is 3.38. The van der Waals surface area contributed by atoms with Crippen molar-refractivity contribution in [3.05, 3.63) is 30.3 Å². The van der Waals surface area contributed by atoms with Gasteiger partial charge in [0.1, 0.15) is 23.1 Å². The monoisotopic (exact) mass is 332 g/mol. The van der Waals surface area contributed by atoms with Crippen molar-refractivity contribution in [2.45, 2.75) is 49.6 Å². The summed E-state index contributed by atoms with van der Waals surface area (Å²) in [5, 5.41) is 0. The van der Waals surface area contributed by atoms with Crippen LogP contribution in [0.2, 0.25) is 0 Å². The molecule has 3 aliphatic rings. The Morgan fingerprint density at radius 1 is 1.29 bits per heavy atom. The highest BCUT2D eigenvalue weighted by atomic mass is 16.6. The lowest BCUT2D eigenvalue weighted by Crippen LogP contribution is -2.53. The van der Waals surface area contributed by atoms with Gasteiger partial charge in [-0.15, -0.1) is 0 Å². The lowest BCUT2D eigenvalue weighted by atomic mass is 9.69. The molecule has 1 spiro atoms. The zero-order valence-electron chi connectivity index (χ0n) is 14.2. The van der Waals surface area contributed by atoms with Crippen molar-refractivity contribution >= 4 is 5.78 Å². The minimum atomic E-state index is -0.425. The maximum Gasteiger partial charge on any atom is 0.162 e. The molecule has 5 heteroatoms. The SMILES string of the molecule is CO[C@@H]1C(=O)CC[C@]2(CO2)[C@H]1[C@@]1(C)O[C@@H]1CCOc1ccccc1. The number of ether oxygens (including phenoxy) is 4. The summed E-state index contributed by atoms with van der Waals surface area (Å²) in [6, 6.07) is 9.77. The normalized spacial score (nSPS) is 40.6. The van der Waals surface area contributed by atoms with Crippen molar-refractivity contribution < 1.29 is 23.7 Å². The van der Waals surface area contributed by atoms with Gasteiger partial charge in [0.2, 0.25) is 0 Å². The van der Waals surface area contributed by atoms with Crippen LogP contribution >= 0.6 is 0 Å². The minimum Gasteiger partial charge on any atom is -0.493 e. The Kier molecular flexibility index (Phi) is 3.90. The minimum absolute atomic E-state index is 0.0297. The molecule has 0 aromatic heterocycles. The second-order valence-corrected chi connectivity index (χ2v) is 7.19. The van der Waals surface area contributed by atoms with Crippen molar-refractivity contribution in [3.63, 3.8) is 0 Å². The van der Waals surface area contributed by atoms with Crippen LogP contribution in [0.4, 0.5) is 0 Å². The van der Waals surface area contributed by atoms with Gasteiger partial charge in [-0.2, -0.15) is 0 Å². The third-order valence-corrected chi connectivity index (χ3v) is 5.74. The zero-order chi connectivity index (χ0) is 16.8. The molecule has 3 fully saturated rings. The van der Waals surface area contributed by atoms with Gasteiger partial charge in [-0.1, -0.05) is 18.2 Å². The van der Waals surface area contributed by atoms with Crippen LogP contribution in [-0.2, 0) is 19.0 Å². The molecule has 1 aliphatic carbocycles. The number of epoxide rings is 2. The first-order chi connectivity index (χ1) is 11.6. The van der Waals surface area contributed by atoms with E-state index in [9.17, 15) is 4.79 Å². The van der Waals surface area contributed by atoms with E-state index < -0.39 is 6.10 Å². The Morgan fingerprint density at radius 3 is 2.71 bits per heavy atom. The predicted molar refractivity (Wildman–Crippen MR) is 87.0 cm³/mol. The average Bonchev–Trinajstić information content (AvgIpc) is 3.49. The Morgan fingerprint density at radius 2 is 2.04 bits per heavy atom. The smallest absolute Gasteiger partial charge is 0.162 e. The van der Waals surface area contributed by atoms with Crippen LogP contribution in [0.5, 0.6) is 5.75 Å². The first-order valence-electron chi connectivity index (χ1n) is 8.64. The molecular formula is C19H24O5. The molecule has 0 bridgehead atoms. The Labute approximate surface area is 142 Å². The fourth-order valence-corrected chi connectivity index (χ4v) is 4.29.